The quantitative estimate of drug-likeness (QED) is 0.563. The van der Waals surface area contributed by atoms with Crippen LogP contribution in [0.25, 0.3) is 0 Å². The molecule has 0 bridgehead atoms. The largest absolute Gasteiger partial charge is 0.381 e. The van der Waals surface area contributed by atoms with Gasteiger partial charge in [0.25, 0.3) is 0 Å². The normalized spacial score (nSPS) is 18.9. The first-order valence-electron chi connectivity index (χ1n) is 5.79. The summed E-state index contributed by atoms with van der Waals surface area (Å²) in [6.45, 7) is 9.06. The minimum Gasteiger partial charge on any atom is -0.381 e. The van der Waals surface area contributed by atoms with E-state index in [1.807, 2.05) is 7.05 Å². The van der Waals surface area contributed by atoms with Crippen molar-refractivity contribution in [2.24, 2.45) is 11.3 Å². The maximum Gasteiger partial charge on any atom is 0.101 e. The lowest BCUT2D eigenvalue weighted by Gasteiger charge is -2.33. The Labute approximate surface area is 93.3 Å². The molecule has 0 unspecified atom stereocenters. The zero-order valence-corrected chi connectivity index (χ0v) is 10.5. The van der Waals surface area contributed by atoms with Gasteiger partial charge in [-0.15, -0.1) is 0 Å². The van der Waals surface area contributed by atoms with Gasteiger partial charge in [0, 0.05) is 32.2 Å². The molecule has 0 saturated carbocycles. The van der Waals surface area contributed by atoms with Crippen molar-refractivity contribution in [2.75, 3.05) is 26.8 Å². The summed E-state index contributed by atoms with van der Waals surface area (Å²) in [4.78, 5) is 2.09. The van der Waals surface area contributed by atoms with Gasteiger partial charge in [0.2, 0.25) is 0 Å². The van der Waals surface area contributed by atoms with Crippen molar-refractivity contribution in [1.82, 2.24) is 4.90 Å². The minimum atomic E-state index is -0.0417. The van der Waals surface area contributed by atoms with Crippen LogP contribution < -0.4 is 0 Å². The second-order valence-corrected chi connectivity index (χ2v) is 5.53. The highest BCUT2D eigenvalue weighted by molar-refractivity contribution is 5.83. The lowest BCUT2D eigenvalue weighted by molar-refractivity contribution is 0.0606. The average molecular weight is 212 g/mol. The Morgan fingerprint density at radius 1 is 1.33 bits per heavy atom. The number of hydrogen-bond acceptors (Lipinski definition) is 2. The molecule has 0 aromatic heterocycles. The highest BCUT2D eigenvalue weighted by Crippen LogP contribution is 2.20. The Balaban J connectivity index is 2.40. The molecule has 1 saturated heterocycles. The number of ether oxygens (including phenoxy) is 1. The predicted molar refractivity (Wildman–Crippen MR) is 63.4 cm³/mol. The minimum absolute atomic E-state index is 0.0417. The second-order valence-electron chi connectivity index (χ2n) is 5.53. The van der Waals surface area contributed by atoms with Gasteiger partial charge in [-0.2, -0.15) is 0 Å². The van der Waals surface area contributed by atoms with Crippen molar-refractivity contribution in [2.45, 2.75) is 33.6 Å². The molecule has 0 aliphatic carbocycles. The molecule has 88 valence electrons. The van der Waals surface area contributed by atoms with Gasteiger partial charge in [-0.05, 0) is 18.8 Å². The van der Waals surface area contributed by atoms with Crippen LogP contribution in [0.15, 0.2) is 0 Å². The summed E-state index contributed by atoms with van der Waals surface area (Å²) in [5.41, 5.74) is -0.0417. The second kappa shape index (κ2) is 4.97. The Bertz CT molecular complexity index is 214. The van der Waals surface area contributed by atoms with Crippen molar-refractivity contribution >= 4 is 5.84 Å². The number of nitrogens with one attached hydrogen (secondary N) is 1. The van der Waals surface area contributed by atoms with Gasteiger partial charge in [0.15, 0.2) is 0 Å². The highest BCUT2D eigenvalue weighted by atomic mass is 16.5. The van der Waals surface area contributed by atoms with Crippen LogP contribution in [0.2, 0.25) is 0 Å². The monoisotopic (exact) mass is 212 g/mol. The molecule has 1 fully saturated rings. The van der Waals surface area contributed by atoms with Crippen molar-refractivity contribution in [3.63, 3.8) is 0 Å². The summed E-state index contributed by atoms with van der Waals surface area (Å²) in [6, 6.07) is 0. The molecule has 15 heavy (non-hydrogen) atoms. The number of amidine groups is 1. The molecule has 0 radical (unpaired) electrons. The van der Waals surface area contributed by atoms with Crippen LogP contribution in [0.3, 0.4) is 0 Å². The van der Waals surface area contributed by atoms with Crippen molar-refractivity contribution in [1.29, 1.82) is 5.41 Å². The van der Waals surface area contributed by atoms with Crippen LogP contribution in [-0.4, -0.2) is 37.5 Å². The first-order chi connectivity index (χ1) is 6.91. The van der Waals surface area contributed by atoms with Crippen LogP contribution in [0.4, 0.5) is 0 Å². The van der Waals surface area contributed by atoms with Crippen molar-refractivity contribution < 1.29 is 4.74 Å². The van der Waals surface area contributed by atoms with Crippen LogP contribution in [-0.2, 0) is 4.74 Å². The van der Waals surface area contributed by atoms with E-state index in [4.69, 9.17) is 10.1 Å². The molecule has 1 N–H and O–H groups in total. The van der Waals surface area contributed by atoms with E-state index in [1.54, 1.807) is 0 Å². The van der Waals surface area contributed by atoms with Crippen LogP contribution in [0, 0.1) is 16.7 Å². The van der Waals surface area contributed by atoms with Gasteiger partial charge in [0.1, 0.15) is 5.84 Å². The first kappa shape index (κ1) is 12.5. The molecule has 1 rings (SSSR count). The van der Waals surface area contributed by atoms with Gasteiger partial charge >= 0.3 is 0 Å². The maximum absolute atomic E-state index is 8.06. The van der Waals surface area contributed by atoms with Crippen LogP contribution in [0.1, 0.15) is 33.6 Å². The summed E-state index contributed by atoms with van der Waals surface area (Å²) in [5.74, 6) is 1.43. The molecule has 1 aliphatic rings. The van der Waals surface area contributed by atoms with E-state index >= 15 is 0 Å². The molecule has 1 aliphatic heterocycles. The molecule has 0 amide bonds. The maximum atomic E-state index is 8.06. The number of nitrogens with zero attached hydrogens (tertiary/aromatic N) is 1. The van der Waals surface area contributed by atoms with Crippen molar-refractivity contribution in [3.8, 4) is 0 Å². The average Bonchev–Trinajstić information content (AvgIpc) is 2.16. The van der Waals surface area contributed by atoms with Gasteiger partial charge < -0.3 is 9.64 Å². The van der Waals surface area contributed by atoms with Gasteiger partial charge in [-0.3, -0.25) is 5.41 Å². The van der Waals surface area contributed by atoms with E-state index < -0.39 is 0 Å². The van der Waals surface area contributed by atoms with Gasteiger partial charge in [-0.25, -0.2) is 0 Å². The van der Waals surface area contributed by atoms with Crippen molar-refractivity contribution in [3.05, 3.63) is 0 Å². The molecule has 0 aromatic carbocycles. The summed E-state index contributed by atoms with van der Waals surface area (Å²) in [7, 11) is 2.03. The lowest BCUT2D eigenvalue weighted by atomic mass is 9.93. The zero-order chi connectivity index (χ0) is 11.5. The number of rotatable bonds is 2. The fraction of sp³-hybridized carbons (Fsp3) is 0.917. The summed E-state index contributed by atoms with van der Waals surface area (Å²) < 4.78 is 5.34. The zero-order valence-electron chi connectivity index (χ0n) is 10.5. The Hall–Kier alpha value is -0.570. The van der Waals surface area contributed by atoms with Gasteiger partial charge in [0.05, 0.1) is 0 Å². The molecule has 3 nitrogen and oxygen atoms in total. The predicted octanol–water partition coefficient (Wildman–Crippen LogP) is 2.37. The van der Waals surface area contributed by atoms with E-state index in [0.29, 0.717) is 5.92 Å². The van der Waals surface area contributed by atoms with Crippen LogP contribution >= 0.6 is 0 Å². The molecule has 3 heteroatoms. The third-order valence-electron chi connectivity index (χ3n) is 2.97. The van der Waals surface area contributed by atoms with Gasteiger partial charge in [-0.1, -0.05) is 20.8 Å². The van der Waals surface area contributed by atoms with E-state index in [2.05, 4.69) is 25.7 Å². The van der Waals surface area contributed by atoms with E-state index in [0.717, 1.165) is 38.4 Å². The summed E-state index contributed by atoms with van der Waals surface area (Å²) in [6.07, 6.45) is 2.28. The fourth-order valence-corrected chi connectivity index (χ4v) is 1.98. The smallest absolute Gasteiger partial charge is 0.101 e. The third kappa shape index (κ3) is 3.82. The Kier molecular flexibility index (Phi) is 4.14. The molecule has 0 aromatic rings. The van der Waals surface area contributed by atoms with E-state index in [1.165, 1.54) is 0 Å². The standard InChI is InChI=1S/C12H24N2O/c1-12(2,3)11(13)14(4)9-10-5-7-15-8-6-10/h10,13H,5-9H2,1-4H3. The number of hydrogen-bond donors (Lipinski definition) is 1. The Morgan fingerprint density at radius 3 is 2.33 bits per heavy atom. The van der Waals surface area contributed by atoms with Crippen LogP contribution in [0.5, 0.6) is 0 Å². The fourth-order valence-electron chi connectivity index (χ4n) is 1.98. The molecule has 0 spiro atoms. The highest BCUT2D eigenvalue weighted by Gasteiger charge is 2.23. The molecule has 0 atom stereocenters. The van der Waals surface area contributed by atoms with E-state index in [9.17, 15) is 0 Å². The topological polar surface area (TPSA) is 36.3 Å². The summed E-state index contributed by atoms with van der Waals surface area (Å²) >= 11 is 0. The molecular formula is C12H24N2O. The Morgan fingerprint density at radius 2 is 1.87 bits per heavy atom. The molecule has 1 heterocycles. The summed E-state index contributed by atoms with van der Waals surface area (Å²) in [5, 5.41) is 8.06. The molecular weight excluding hydrogens is 188 g/mol. The third-order valence-corrected chi connectivity index (χ3v) is 2.97. The lowest BCUT2D eigenvalue weighted by Crippen LogP contribution is -2.40. The van der Waals surface area contributed by atoms with E-state index in [-0.39, 0.29) is 5.41 Å². The first-order valence-corrected chi connectivity index (χ1v) is 5.79. The SMILES string of the molecule is CN(CC1CCOCC1)C(=N)C(C)(C)C.